The summed E-state index contributed by atoms with van der Waals surface area (Å²) in [4.78, 5) is 25.0. The number of rotatable bonds is 7. The first-order valence-electron chi connectivity index (χ1n) is 6.20. The fourth-order valence-corrected chi connectivity index (χ4v) is 2.08. The van der Waals surface area contributed by atoms with Crippen molar-refractivity contribution in [3.8, 4) is 0 Å². The molecule has 1 rings (SSSR count). The van der Waals surface area contributed by atoms with E-state index < -0.39 is 0 Å². The molecule has 120 valence electrons. The first kappa shape index (κ1) is 19.8. The van der Waals surface area contributed by atoms with Gasteiger partial charge in [0.25, 0.3) is 0 Å². The number of thioether (sulfide) groups is 1. The number of hydrogen-bond donors (Lipinski definition) is 2. The molecule has 1 aromatic heterocycles. The van der Waals surface area contributed by atoms with Crippen LogP contribution in [0.3, 0.4) is 0 Å². The normalized spacial score (nSPS) is 11.4. The predicted octanol–water partition coefficient (Wildman–Crippen LogP) is 0.882. The summed E-state index contributed by atoms with van der Waals surface area (Å²) in [7, 11) is 1.71. The van der Waals surface area contributed by atoms with Crippen molar-refractivity contribution < 1.29 is 14.1 Å². The lowest BCUT2D eigenvalue weighted by Gasteiger charge is -2.23. The first-order chi connectivity index (χ1) is 9.43. The Bertz CT molecular complexity index is 469. The summed E-state index contributed by atoms with van der Waals surface area (Å²) in [6.45, 7) is 4.03. The second kappa shape index (κ2) is 9.64. The minimum atomic E-state index is -0.217. The van der Waals surface area contributed by atoms with E-state index in [2.05, 4.69) is 10.5 Å². The summed E-state index contributed by atoms with van der Waals surface area (Å²) in [5, 5.41) is 6.25. The number of carbonyl (C=O) groups excluding carboxylic acids is 2. The van der Waals surface area contributed by atoms with Gasteiger partial charge in [0, 0.05) is 25.7 Å². The van der Waals surface area contributed by atoms with Crippen LogP contribution in [0.25, 0.3) is 0 Å². The summed E-state index contributed by atoms with van der Waals surface area (Å²) in [6.07, 6.45) is 0. The zero-order valence-corrected chi connectivity index (χ0v) is 13.9. The van der Waals surface area contributed by atoms with Crippen LogP contribution >= 0.6 is 24.2 Å². The van der Waals surface area contributed by atoms with Crippen LogP contribution in [0.4, 0.5) is 5.82 Å². The number of carbonyl (C=O) groups is 2. The Morgan fingerprint density at radius 2 is 2.19 bits per heavy atom. The van der Waals surface area contributed by atoms with Gasteiger partial charge < -0.3 is 20.5 Å². The van der Waals surface area contributed by atoms with Crippen LogP contribution in [-0.2, 0) is 9.59 Å². The summed E-state index contributed by atoms with van der Waals surface area (Å²) in [6, 6.07) is 1.62. The molecule has 2 amide bonds. The predicted molar refractivity (Wildman–Crippen MR) is 85.7 cm³/mol. The van der Waals surface area contributed by atoms with Crippen molar-refractivity contribution in [2.45, 2.75) is 19.9 Å². The van der Waals surface area contributed by atoms with Crippen molar-refractivity contribution in [2.24, 2.45) is 5.73 Å². The third kappa shape index (κ3) is 6.83. The van der Waals surface area contributed by atoms with Crippen LogP contribution in [0.1, 0.15) is 12.7 Å². The van der Waals surface area contributed by atoms with Crippen LogP contribution in [0.5, 0.6) is 0 Å². The molecule has 7 nitrogen and oxygen atoms in total. The smallest absolute Gasteiger partial charge is 0.235 e. The topological polar surface area (TPSA) is 101 Å². The fraction of sp³-hybridized carbons (Fsp3) is 0.583. The van der Waals surface area contributed by atoms with Gasteiger partial charge >= 0.3 is 0 Å². The summed E-state index contributed by atoms with van der Waals surface area (Å²) in [5.41, 5.74) is 5.49. The molecule has 0 radical (unpaired) electrons. The zero-order chi connectivity index (χ0) is 15.1. The van der Waals surface area contributed by atoms with E-state index in [0.29, 0.717) is 18.1 Å². The lowest BCUT2D eigenvalue weighted by molar-refractivity contribution is -0.128. The Hall–Kier alpha value is -1.25. The number of nitrogens with one attached hydrogen (secondary N) is 1. The molecule has 21 heavy (non-hydrogen) atoms. The second-order valence-electron chi connectivity index (χ2n) is 4.45. The monoisotopic (exact) mass is 336 g/mol. The Balaban J connectivity index is 0.00000400. The molecule has 1 heterocycles. The molecule has 1 unspecified atom stereocenters. The highest BCUT2D eigenvalue weighted by atomic mass is 35.5. The standard InChI is InChI=1S/C12H20N4O3S.ClH/c1-8(5-13)16(3)12(18)7-20-6-11(17)14-10-4-9(2)19-15-10;/h4,8H,5-7,13H2,1-3H3,(H,14,15,17);1H. The number of nitrogens with zero attached hydrogens (tertiary/aromatic N) is 2. The SMILES string of the molecule is Cc1cc(NC(=O)CSCC(=O)N(C)C(C)CN)no1.Cl. The Morgan fingerprint density at radius 1 is 1.52 bits per heavy atom. The maximum Gasteiger partial charge on any atom is 0.235 e. The van der Waals surface area contributed by atoms with Crippen molar-refractivity contribution >= 4 is 41.8 Å². The summed E-state index contributed by atoms with van der Waals surface area (Å²) in [5.74, 6) is 1.17. The van der Waals surface area contributed by atoms with Gasteiger partial charge in [0.2, 0.25) is 11.8 Å². The molecule has 0 aliphatic rings. The molecule has 1 aromatic rings. The first-order valence-corrected chi connectivity index (χ1v) is 7.36. The molecule has 0 bridgehead atoms. The van der Waals surface area contributed by atoms with Gasteiger partial charge in [-0.15, -0.1) is 24.2 Å². The molecule has 1 atom stereocenters. The van der Waals surface area contributed by atoms with E-state index in [1.807, 2.05) is 6.92 Å². The highest BCUT2D eigenvalue weighted by Crippen LogP contribution is 2.09. The number of aromatic nitrogens is 1. The van der Waals surface area contributed by atoms with Gasteiger partial charge in [-0.2, -0.15) is 0 Å². The fourth-order valence-electron chi connectivity index (χ4n) is 1.34. The van der Waals surface area contributed by atoms with Gasteiger partial charge in [-0.3, -0.25) is 9.59 Å². The Morgan fingerprint density at radius 3 is 2.71 bits per heavy atom. The van der Waals surface area contributed by atoms with E-state index in [4.69, 9.17) is 10.3 Å². The lowest BCUT2D eigenvalue weighted by atomic mass is 10.3. The van der Waals surface area contributed by atoms with Crippen molar-refractivity contribution in [3.63, 3.8) is 0 Å². The second-order valence-corrected chi connectivity index (χ2v) is 5.44. The Labute approximate surface area is 134 Å². The number of hydrogen-bond acceptors (Lipinski definition) is 6. The highest BCUT2D eigenvalue weighted by Gasteiger charge is 2.15. The van der Waals surface area contributed by atoms with Gasteiger partial charge in [0.1, 0.15) is 5.76 Å². The van der Waals surface area contributed by atoms with Gasteiger partial charge in [-0.05, 0) is 13.8 Å². The zero-order valence-electron chi connectivity index (χ0n) is 12.3. The van der Waals surface area contributed by atoms with E-state index in [0.717, 1.165) is 0 Å². The molecule has 0 saturated carbocycles. The number of halogens is 1. The molecule has 0 aliphatic carbocycles. The van der Waals surface area contributed by atoms with Crippen molar-refractivity contribution in [1.82, 2.24) is 10.1 Å². The molecule has 0 aromatic carbocycles. The maximum atomic E-state index is 11.8. The maximum absolute atomic E-state index is 11.8. The van der Waals surface area contributed by atoms with Crippen molar-refractivity contribution in [1.29, 1.82) is 0 Å². The van der Waals surface area contributed by atoms with E-state index in [9.17, 15) is 9.59 Å². The number of nitrogens with two attached hydrogens (primary N) is 1. The molecule has 0 fully saturated rings. The minimum absolute atomic E-state index is 0. The average Bonchev–Trinajstić information content (AvgIpc) is 2.81. The third-order valence-corrected chi connectivity index (χ3v) is 3.67. The van der Waals surface area contributed by atoms with Crippen molar-refractivity contribution in [2.75, 3.05) is 30.4 Å². The summed E-state index contributed by atoms with van der Waals surface area (Å²) < 4.78 is 4.83. The number of amides is 2. The van der Waals surface area contributed by atoms with Gasteiger partial charge in [-0.25, -0.2) is 0 Å². The summed E-state index contributed by atoms with van der Waals surface area (Å²) >= 11 is 1.25. The third-order valence-electron chi connectivity index (χ3n) is 2.75. The van der Waals surface area contributed by atoms with Crippen LogP contribution < -0.4 is 11.1 Å². The molecular weight excluding hydrogens is 316 g/mol. The largest absolute Gasteiger partial charge is 0.360 e. The quantitative estimate of drug-likeness (QED) is 0.766. The number of likely N-dealkylation sites (N-methyl/N-ethyl adjacent to an activating group) is 1. The van der Waals surface area contributed by atoms with E-state index in [1.165, 1.54) is 11.8 Å². The number of anilines is 1. The molecule has 0 aliphatic heterocycles. The molecular formula is C12H21ClN4O3S. The molecule has 0 spiro atoms. The lowest BCUT2D eigenvalue weighted by Crippen LogP contribution is -2.40. The van der Waals surface area contributed by atoms with Gasteiger partial charge in [0.05, 0.1) is 11.5 Å². The van der Waals surface area contributed by atoms with Crippen LogP contribution in [-0.4, -0.2) is 53.0 Å². The number of aryl methyl sites for hydroxylation is 1. The van der Waals surface area contributed by atoms with Crippen LogP contribution in [0.15, 0.2) is 10.6 Å². The molecule has 0 saturated heterocycles. The van der Waals surface area contributed by atoms with Crippen LogP contribution in [0.2, 0.25) is 0 Å². The molecule has 9 heteroatoms. The van der Waals surface area contributed by atoms with E-state index in [-0.39, 0.29) is 41.8 Å². The van der Waals surface area contributed by atoms with Crippen LogP contribution in [0, 0.1) is 6.92 Å². The van der Waals surface area contributed by atoms with E-state index in [1.54, 1.807) is 24.9 Å². The average molecular weight is 337 g/mol. The molecule has 3 N–H and O–H groups in total. The highest BCUT2D eigenvalue weighted by molar-refractivity contribution is 8.00. The minimum Gasteiger partial charge on any atom is -0.360 e. The van der Waals surface area contributed by atoms with Gasteiger partial charge in [-0.1, -0.05) is 5.16 Å². The van der Waals surface area contributed by atoms with Crippen molar-refractivity contribution in [3.05, 3.63) is 11.8 Å². The van der Waals surface area contributed by atoms with Gasteiger partial charge in [0.15, 0.2) is 5.82 Å². The van der Waals surface area contributed by atoms with E-state index >= 15 is 0 Å². The Kier molecular flexibility index (Phi) is 9.07.